The van der Waals surface area contributed by atoms with Crippen molar-refractivity contribution >= 4 is 17.4 Å². The molecule has 138 valence electrons. The van der Waals surface area contributed by atoms with Gasteiger partial charge in [0, 0.05) is 28.8 Å². The van der Waals surface area contributed by atoms with Crippen LogP contribution in [-0.4, -0.2) is 11.0 Å². The molecule has 0 aliphatic carbocycles. The molecule has 0 saturated heterocycles. The SMILES string of the molecule is Cc1cc(-c2ccc(NC(=O)Nc3cccc(-c4ccco4)c3)cc2)ccn1. The summed E-state index contributed by atoms with van der Waals surface area (Å²) in [5, 5.41) is 5.70. The molecule has 0 unspecified atom stereocenters. The number of aromatic nitrogens is 1. The average Bonchev–Trinajstić information content (AvgIpc) is 3.24. The number of benzene rings is 2. The number of aryl methyl sites for hydroxylation is 1. The van der Waals surface area contributed by atoms with Crippen LogP contribution in [0.2, 0.25) is 0 Å². The van der Waals surface area contributed by atoms with Crippen LogP contribution in [0.3, 0.4) is 0 Å². The van der Waals surface area contributed by atoms with Crippen LogP contribution in [0.25, 0.3) is 22.5 Å². The van der Waals surface area contributed by atoms with E-state index in [2.05, 4.69) is 15.6 Å². The van der Waals surface area contributed by atoms with E-state index in [1.807, 2.05) is 79.7 Å². The predicted octanol–water partition coefficient (Wildman–Crippen LogP) is 5.96. The quantitative estimate of drug-likeness (QED) is 0.466. The first kappa shape index (κ1) is 17.5. The fourth-order valence-electron chi connectivity index (χ4n) is 2.96. The third kappa shape index (κ3) is 4.10. The Bertz CT molecular complexity index is 1090. The number of nitrogens with zero attached hydrogens (tertiary/aromatic N) is 1. The lowest BCUT2D eigenvalue weighted by Crippen LogP contribution is -2.19. The highest BCUT2D eigenvalue weighted by Gasteiger charge is 2.06. The smallest absolute Gasteiger partial charge is 0.323 e. The summed E-state index contributed by atoms with van der Waals surface area (Å²) in [5.41, 5.74) is 5.45. The molecular weight excluding hydrogens is 350 g/mol. The second kappa shape index (κ2) is 7.80. The maximum absolute atomic E-state index is 12.3. The van der Waals surface area contributed by atoms with E-state index in [4.69, 9.17) is 4.42 Å². The summed E-state index contributed by atoms with van der Waals surface area (Å²) >= 11 is 0. The zero-order chi connectivity index (χ0) is 19.3. The Morgan fingerprint density at radius 2 is 1.64 bits per heavy atom. The molecule has 0 spiro atoms. The van der Waals surface area contributed by atoms with Gasteiger partial charge in [0.1, 0.15) is 5.76 Å². The molecule has 2 aromatic heterocycles. The molecule has 0 saturated carbocycles. The van der Waals surface area contributed by atoms with Crippen molar-refractivity contribution in [2.75, 3.05) is 10.6 Å². The molecule has 0 bridgehead atoms. The number of urea groups is 1. The Labute approximate surface area is 163 Å². The van der Waals surface area contributed by atoms with Crippen molar-refractivity contribution in [1.29, 1.82) is 0 Å². The number of rotatable bonds is 4. The number of carbonyl (C=O) groups is 1. The summed E-state index contributed by atoms with van der Waals surface area (Å²) in [6, 6.07) is 22.6. The Balaban J connectivity index is 1.42. The van der Waals surface area contributed by atoms with Gasteiger partial charge in [-0.1, -0.05) is 24.3 Å². The Hall–Kier alpha value is -3.86. The summed E-state index contributed by atoms with van der Waals surface area (Å²) < 4.78 is 5.40. The molecule has 5 nitrogen and oxygen atoms in total. The zero-order valence-corrected chi connectivity index (χ0v) is 15.3. The van der Waals surface area contributed by atoms with E-state index < -0.39 is 0 Å². The van der Waals surface area contributed by atoms with E-state index in [1.165, 1.54) is 0 Å². The lowest BCUT2D eigenvalue weighted by molar-refractivity contribution is 0.262. The van der Waals surface area contributed by atoms with Crippen LogP contribution in [0.4, 0.5) is 16.2 Å². The van der Waals surface area contributed by atoms with Crippen molar-refractivity contribution in [3.05, 3.63) is 91.0 Å². The van der Waals surface area contributed by atoms with E-state index in [1.54, 1.807) is 12.5 Å². The largest absolute Gasteiger partial charge is 0.464 e. The van der Waals surface area contributed by atoms with Gasteiger partial charge in [-0.15, -0.1) is 0 Å². The summed E-state index contributed by atoms with van der Waals surface area (Å²) in [6.07, 6.45) is 3.42. The highest BCUT2D eigenvalue weighted by Crippen LogP contribution is 2.24. The average molecular weight is 369 g/mol. The molecule has 4 rings (SSSR count). The van der Waals surface area contributed by atoms with Crippen molar-refractivity contribution in [2.24, 2.45) is 0 Å². The van der Waals surface area contributed by atoms with Gasteiger partial charge < -0.3 is 15.1 Å². The maximum atomic E-state index is 12.3. The molecule has 0 radical (unpaired) electrons. The Kier molecular flexibility index (Phi) is 4.89. The van der Waals surface area contributed by atoms with Gasteiger partial charge in [0.25, 0.3) is 0 Å². The normalized spacial score (nSPS) is 10.5. The minimum atomic E-state index is -0.302. The number of amides is 2. The maximum Gasteiger partial charge on any atom is 0.323 e. The fourth-order valence-corrected chi connectivity index (χ4v) is 2.96. The van der Waals surface area contributed by atoms with Gasteiger partial charge in [-0.2, -0.15) is 0 Å². The summed E-state index contributed by atoms with van der Waals surface area (Å²) in [7, 11) is 0. The van der Waals surface area contributed by atoms with Crippen LogP contribution < -0.4 is 10.6 Å². The first-order chi connectivity index (χ1) is 13.7. The van der Waals surface area contributed by atoms with Crippen molar-refractivity contribution < 1.29 is 9.21 Å². The van der Waals surface area contributed by atoms with Gasteiger partial charge in [0.15, 0.2) is 0 Å². The third-order valence-corrected chi connectivity index (χ3v) is 4.30. The second-order valence-electron chi connectivity index (χ2n) is 6.40. The summed E-state index contributed by atoms with van der Waals surface area (Å²) in [6.45, 7) is 1.96. The number of nitrogens with one attached hydrogen (secondary N) is 2. The minimum absolute atomic E-state index is 0.302. The van der Waals surface area contributed by atoms with E-state index >= 15 is 0 Å². The summed E-state index contributed by atoms with van der Waals surface area (Å²) in [4.78, 5) is 16.5. The second-order valence-corrected chi connectivity index (χ2v) is 6.40. The van der Waals surface area contributed by atoms with Gasteiger partial charge >= 0.3 is 6.03 Å². The van der Waals surface area contributed by atoms with Gasteiger partial charge in [0.05, 0.1) is 6.26 Å². The van der Waals surface area contributed by atoms with E-state index in [-0.39, 0.29) is 6.03 Å². The Morgan fingerprint density at radius 1 is 0.821 bits per heavy atom. The van der Waals surface area contributed by atoms with Gasteiger partial charge in [-0.05, 0) is 66.6 Å². The molecule has 0 aliphatic rings. The van der Waals surface area contributed by atoms with Crippen LogP contribution >= 0.6 is 0 Å². The number of furan rings is 1. The molecule has 0 aliphatic heterocycles. The van der Waals surface area contributed by atoms with Crippen LogP contribution in [0.5, 0.6) is 0 Å². The van der Waals surface area contributed by atoms with Crippen LogP contribution in [-0.2, 0) is 0 Å². The van der Waals surface area contributed by atoms with Crippen molar-refractivity contribution in [2.45, 2.75) is 6.92 Å². The van der Waals surface area contributed by atoms with Crippen molar-refractivity contribution in [3.8, 4) is 22.5 Å². The van der Waals surface area contributed by atoms with E-state index in [9.17, 15) is 4.79 Å². The molecule has 28 heavy (non-hydrogen) atoms. The molecule has 2 N–H and O–H groups in total. The van der Waals surface area contributed by atoms with Gasteiger partial charge in [0.2, 0.25) is 0 Å². The number of anilines is 2. The monoisotopic (exact) mass is 369 g/mol. The lowest BCUT2D eigenvalue weighted by atomic mass is 10.1. The molecule has 0 fully saturated rings. The topological polar surface area (TPSA) is 67.2 Å². The first-order valence-electron chi connectivity index (χ1n) is 8.92. The number of hydrogen-bond donors (Lipinski definition) is 2. The molecule has 2 amide bonds. The number of carbonyl (C=O) groups excluding carboxylic acids is 1. The summed E-state index contributed by atoms with van der Waals surface area (Å²) in [5.74, 6) is 0.756. The highest BCUT2D eigenvalue weighted by molar-refractivity contribution is 6.00. The van der Waals surface area contributed by atoms with Crippen LogP contribution in [0.15, 0.2) is 89.7 Å². The number of pyridine rings is 1. The first-order valence-corrected chi connectivity index (χ1v) is 8.92. The Morgan fingerprint density at radius 3 is 2.39 bits per heavy atom. The molecule has 5 heteroatoms. The zero-order valence-electron chi connectivity index (χ0n) is 15.3. The van der Waals surface area contributed by atoms with Crippen LogP contribution in [0, 0.1) is 6.92 Å². The molecule has 0 atom stereocenters. The molecule has 2 aromatic carbocycles. The lowest BCUT2D eigenvalue weighted by Gasteiger charge is -2.09. The predicted molar refractivity (Wildman–Crippen MR) is 111 cm³/mol. The molecule has 4 aromatic rings. The third-order valence-electron chi connectivity index (χ3n) is 4.30. The molecule has 2 heterocycles. The molecular formula is C23H19N3O2. The highest BCUT2D eigenvalue weighted by atomic mass is 16.3. The van der Waals surface area contributed by atoms with Crippen LogP contribution in [0.1, 0.15) is 5.69 Å². The van der Waals surface area contributed by atoms with E-state index in [0.29, 0.717) is 11.4 Å². The van der Waals surface area contributed by atoms with Crippen molar-refractivity contribution in [1.82, 2.24) is 4.98 Å². The minimum Gasteiger partial charge on any atom is -0.464 e. The number of hydrogen-bond acceptors (Lipinski definition) is 3. The van der Waals surface area contributed by atoms with Crippen molar-refractivity contribution in [3.63, 3.8) is 0 Å². The fraction of sp³-hybridized carbons (Fsp3) is 0.0435. The standard InChI is InChI=1S/C23H19N3O2/c1-16-14-18(11-12-24-16)17-7-9-20(10-8-17)25-23(27)26-21-5-2-4-19(15-21)22-6-3-13-28-22/h2-15H,1H3,(H2,25,26,27). The van der Waals surface area contributed by atoms with Gasteiger partial charge in [-0.25, -0.2) is 4.79 Å². The van der Waals surface area contributed by atoms with E-state index in [0.717, 1.165) is 28.1 Å². The van der Waals surface area contributed by atoms with Gasteiger partial charge in [-0.3, -0.25) is 4.98 Å².